The second kappa shape index (κ2) is 5.87. The lowest BCUT2D eigenvalue weighted by atomic mass is 10.2. The molecular weight excluding hydrogens is 260 g/mol. The predicted molar refractivity (Wildman–Crippen MR) is 72.9 cm³/mol. The number of hydrogen-bond acceptors (Lipinski definition) is 5. The summed E-state index contributed by atoms with van der Waals surface area (Å²) in [5.41, 5.74) is 6.94. The van der Waals surface area contributed by atoms with Crippen LogP contribution in [-0.2, 0) is 0 Å². The van der Waals surface area contributed by atoms with Crippen LogP contribution in [0.25, 0.3) is 11.5 Å². The van der Waals surface area contributed by atoms with E-state index in [-0.39, 0.29) is 11.8 Å². The SMILES string of the molecule is C=CC[C@H](NC(=O)O)c1nnc(-c2ccccc2N)o1. The highest BCUT2D eigenvalue weighted by molar-refractivity contribution is 5.69. The molecule has 0 saturated heterocycles. The first-order valence-electron chi connectivity index (χ1n) is 5.90. The standard InChI is InChI=1S/C13H14N4O3/c1-2-5-10(15-13(18)19)12-17-16-11(20-12)8-6-3-4-7-9(8)14/h2-4,6-7,10,15H,1,5,14H2,(H,18,19)/t10-/m0/s1. The van der Waals surface area contributed by atoms with Crippen LogP contribution in [-0.4, -0.2) is 21.4 Å². The zero-order valence-corrected chi connectivity index (χ0v) is 10.6. The molecule has 20 heavy (non-hydrogen) atoms. The Bertz CT molecular complexity index is 624. The van der Waals surface area contributed by atoms with Crippen LogP contribution in [0.1, 0.15) is 18.4 Å². The van der Waals surface area contributed by atoms with Crippen molar-refractivity contribution in [3.05, 3.63) is 42.8 Å². The minimum atomic E-state index is -1.17. The van der Waals surface area contributed by atoms with Crippen molar-refractivity contribution < 1.29 is 14.3 Å². The van der Waals surface area contributed by atoms with Crippen molar-refractivity contribution in [2.75, 3.05) is 5.73 Å². The Morgan fingerprint density at radius 2 is 2.25 bits per heavy atom. The molecule has 7 heteroatoms. The summed E-state index contributed by atoms with van der Waals surface area (Å²) in [5, 5.41) is 18.8. The third-order valence-electron chi connectivity index (χ3n) is 2.63. The van der Waals surface area contributed by atoms with E-state index < -0.39 is 12.1 Å². The number of para-hydroxylation sites is 1. The number of aromatic nitrogens is 2. The monoisotopic (exact) mass is 274 g/mol. The minimum absolute atomic E-state index is 0.172. The Hall–Kier alpha value is -2.83. The van der Waals surface area contributed by atoms with Gasteiger partial charge in [0.05, 0.1) is 5.56 Å². The van der Waals surface area contributed by atoms with Crippen LogP contribution in [0.5, 0.6) is 0 Å². The summed E-state index contributed by atoms with van der Waals surface area (Å²) >= 11 is 0. The van der Waals surface area contributed by atoms with E-state index in [2.05, 4.69) is 22.1 Å². The van der Waals surface area contributed by atoms with Gasteiger partial charge in [0.25, 0.3) is 0 Å². The average Bonchev–Trinajstić information content (AvgIpc) is 2.87. The van der Waals surface area contributed by atoms with Crippen LogP contribution < -0.4 is 11.1 Å². The number of nitrogen functional groups attached to an aromatic ring is 1. The van der Waals surface area contributed by atoms with E-state index in [1.54, 1.807) is 30.3 Å². The molecule has 1 heterocycles. The van der Waals surface area contributed by atoms with Crippen molar-refractivity contribution in [3.63, 3.8) is 0 Å². The van der Waals surface area contributed by atoms with Gasteiger partial charge in [0, 0.05) is 5.69 Å². The first kappa shape index (κ1) is 13.6. The van der Waals surface area contributed by atoms with E-state index in [1.807, 2.05) is 0 Å². The summed E-state index contributed by atoms with van der Waals surface area (Å²) in [6, 6.07) is 6.43. The highest BCUT2D eigenvalue weighted by Crippen LogP contribution is 2.26. The summed E-state index contributed by atoms with van der Waals surface area (Å²) in [7, 11) is 0. The number of carbonyl (C=O) groups is 1. The van der Waals surface area contributed by atoms with Crippen LogP contribution in [0.3, 0.4) is 0 Å². The van der Waals surface area contributed by atoms with Crippen LogP contribution in [0.4, 0.5) is 10.5 Å². The zero-order chi connectivity index (χ0) is 14.5. The molecule has 0 unspecified atom stereocenters. The highest BCUT2D eigenvalue weighted by Gasteiger charge is 2.20. The number of amides is 1. The Morgan fingerprint density at radius 3 is 2.90 bits per heavy atom. The summed E-state index contributed by atoms with van der Waals surface area (Å²) in [4.78, 5) is 10.7. The maximum absolute atomic E-state index is 10.7. The van der Waals surface area contributed by atoms with Gasteiger partial charge in [-0.15, -0.1) is 16.8 Å². The van der Waals surface area contributed by atoms with Crippen molar-refractivity contribution in [2.45, 2.75) is 12.5 Å². The zero-order valence-electron chi connectivity index (χ0n) is 10.6. The molecule has 2 rings (SSSR count). The largest absolute Gasteiger partial charge is 0.465 e. The predicted octanol–water partition coefficient (Wildman–Crippen LogP) is 2.20. The van der Waals surface area contributed by atoms with Crippen LogP contribution >= 0.6 is 0 Å². The number of carboxylic acid groups (broad SMARTS) is 1. The summed E-state index contributed by atoms with van der Waals surface area (Å²) < 4.78 is 5.49. The Kier molecular flexibility index (Phi) is 3.99. The fraction of sp³-hybridized carbons (Fsp3) is 0.154. The summed E-state index contributed by atoms with van der Waals surface area (Å²) in [6.07, 6.45) is 0.746. The van der Waals surface area contributed by atoms with Crippen LogP contribution in [0.2, 0.25) is 0 Å². The quantitative estimate of drug-likeness (QED) is 0.568. The van der Waals surface area contributed by atoms with Crippen molar-refractivity contribution in [3.8, 4) is 11.5 Å². The fourth-order valence-electron chi connectivity index (χ4n) is 1.71. The third-order valence-corrected chi connectivity index (χ3v) is 2.63. The molecule has 0 aliphatic heterocycles. The topological polar surface area (TPSA) is 114 Å². The van der Waals surface area contributed by atoms with Crippen molar-refractivity contribution in [1.29, 1.82) is 0 Å². The van der Waals surface area contributed by atoms with Crippen molar-refractivity contribution in [1.82, 2.24) is 15.5 Å². The van der Waals surface area contributed by atoms with E-state index in [1.165, 1.54) is 0 Å². The third kappa shape index (κ3) is 2.94. The molecule has 0 radical (unpaired) electrons. The van der Waals surface area contributed by atoms with E-state index in [4.69, 9.17) is 15.3 Å². The van der Waals surface area contributed by atoms with Crippen LogP contribution in [0, 0.1) is 0 Å². The molecule has 1 atom stereocenters. The van der Waals surface area contributed by atoms with Gasteiger partial charge in [-0.05, 0) is 18.6 Å². The molecule has 1 aromatic carbocycles. The molecule has 7 nitrogen and oxygen atoms in total. The first-order chi connectivity index (χ1) is 9.61. The molecule has 0 saturated carbocycles. The molecule has 1 aromatic heterocycles. The van der Waals surface area contributed by atoms with E-state index in [0.717, 1.165) is 0 Å². The van der Waals surface area contributed by atoms with Gasteiger partial charge in [-0.3, -0.25) is 0 Å². The first-order valence-corrected chi connectivity index (χ1v) is 5.90. The molecule has 0 aliphatic carbocycles. The second-order valence-electron chi connectivity index (χ2n) is 4.06. The Morgan fingerprint density at radius 1 is 1.50 bits per heavy atom. The maximum atomic E-state index is 10.7. The van der Waals surface area contributed by atoms with E-state index in [9.17, 15) is 4.79 Å². The molecule has 4 N–H and O–H groups in total. The lowest BCUT2D eigenvalue weighted by Crippen LogP contribution is -2.26. The lowest BCUT2D eigenvalue weighted by molar-refractivity contribution is 0.187. The van der Waals surface area contributed by atoms with Crippen LogP contribution in [0.15, 0.2) is 41.3 Å². The lowest BCUT2D eigenvalue weighted by Gasteiger charge is -2.09. The van der Waals surface area contributed by atoms with Gasteiger partial charge in [-0.25, -0.2) is 4.79 Å². The van der Waals surface area contributed by atoms with Gasteiger partial charge in [-0.1, -0.05) is 18.2 Å². The van der Waals surface area contributed by atoms with Gasteiger partial charge in [-0.2, -0.15) is 0 Å². The number of rotatable bonds is 5. The summed E-state index contributed by atoms with van der Waals surface area (Å²) in [5.74, 6) is 0.421. The number of benzene rings is 1. The number of nitrogens with one attached hydrogen (secondary N) is 1. The van der Waals surface area contributed by atoms with Gasteiger partial charge in [0.2, 0.25) is 11.8 Å². The number of nitrogens with two attached hydrogens (primary N) is 1. The maximum Gasteiger partial charge on any atom is 0.405 e. The minimum Gasteiger partial charge on any atom is -0.465 e. The fourth-order valence-corrected chi connectivity index (χ4v) is 1.71. The Labute approximate surface area is 115 Å². The number of nitrogens with zero attached hydrogens (tertiary/aromatic N) is 2. The van der Waals surface area contributed by atoms with Gasteiger partial charge in [0.1, 0.15) is 6.04 Å². The molecule has 0 aliphatic rings. The summed E-state index contributed by atoms with van der Waals surface area (Å²) in [6.45, 7) is 3.57. The Balaban J connectivity index is 2.29. The average molecular weight is 274 g/mol. The molecule has 0 fully saturated rings. The van der Waals surface area contributed by atoms with Gasteiger partial charge < -0.3 is 20.6 Å². The molecule has 2 aromatic rings. The van der Waals surface area contributed by atoms with Gasteiger partial charge in [0.15, 0.2) is 0 Å². The van der Waals surface area contributed by atoms with Crippen molar-refractivity contribution >= 4 is 11.8 Å². The van der Waals surface area contributed by atoms with Gasteiger partial charge >= 0.3 is 6.09 Å². The molecule has 104 valence electrons. The number of hydrogen-bond donors (Lipinski definition) is 3. The molecule has 0 spiro atoms. The van der Waals surface area contributed by atoms with E-state index in [0.29, 0.717) is 17.7 Å². The smallest absolute Gasteiger partial charge is 0.405 e. The van der Waals surface area contributed by atoms with E-state index >= 15 is 0 Å². The normalized spacial score (nSPS) is 11.8. The second-order valence-corrected chi connectivity index (χ2v) is 4.06. The molecule has 1 amide bonds. The molecule has 0 bridgehead atoms. The number of anilines is 1. The van der Waals surface area contributed by atoms with Crippen molar-refractivity contribution in [2.24, 2.45) is 0 Å². The molecular formula is C13H14N4O3. The highest BCUT2D eigenvalue weighted by atomic mass is 16.4.